The molecule has 0 bridgehead atoms. The van der Waals surface area contributed by atoms with Crippen LogP contribution in [0.5, 0.6) is 0 Å². The van der Waals surface area contributed by atoms with Crippen molar-refractivity contribution in [1.82, 2.24) is 0 Å². The van der Waals surface area contributed by atoms with Gasteiger partial charge >= 0.3 is 0 Å². The zero-order chi connectivity index (χ0) is 25.0. The molecule has 178 valence electrons. The second-order valence-corrected chi connectivity index (χ2v) is 9.30. The predicted molar refractivity (Wildman–Crippen MR) is 158 cm³/mol. The maximum atomic E-state index is 4.67. The van der Waals surface area contributed by atoms with Crippen LogP contribution in [0.1, 0.15) is 22.3 Å². The van der Waals surface area contributed by atoms with Crippen LogP contribution >= 0.6 is 23.5 Å². The van der Waals surface area contributed by atoms with E-state index in [2.05, 4.69) is 45.0 Å². The Balaban J connectivity index is 1.80. The summed E-state index contributed by atoms with van der Waals surface area (Å²) < 4.78 is 0. The van der Waals surface area contributed by atoms with E-state index in [0.717, 1.165) is 32.0 Å². The zero-order valence-electron chi connectivity index (χ0n) is 20.2. The largest absolute Gasteiger partial charge is 0.158 e. The quantitative estimate of drug-likeness (QED) is 0.134. The van der Waals surface area contributed by atoms with Crippen molar-refractivity contribution in [2.75, 3.05) is 12.5 Å². The van der Waals surface area contributed by atoms with Crippen LogP contribution in [-0.2, 0) is 0 Å². The number of nitrogens with zero attached hydrogens (tertiary/aromatic N) is 4. The molecule has 0 atom stereocenters. The van der Waals surface area contributed by atoms with E-state index in [4.69, 9.17) is 0 Å². The number of benzene rings is 4. The van der Waals surface area contributed by atoms with Gasteiger partial charge in [-0.3, -0.25) is 0 Å². The van der Waals surface area contributed by atoms with Gasteiger partial charge in [-0.25, -0.2) is 0 Å². The van der Waals surface area contributed by atoms with Crippen molar-refractivity contribution >= 4 is 47.4 Å². The smallest absolute Gasteiger partial charge is 0.121 e. The molecule has 0 aromatic heterocycles. The van der Waals surface area contributed by atoms with Crippen LogP contribution in [0.4, 0.5) is 0 Å². The highest BCUT2D eigenvalue weighted by atomic mass is 32.2. The standard InChI is InChI=1S/C30H26N4S2/c1-35-27-19-11-9-17-25(27)21-31-33-29(23-13-5-3-6-14-23)30(24-15-7-4-8-16-24)34-32-22-26-18-10-12-20-28(26)36-2/h3-22H,1-2H3/b31-21+,32-22+,33-29+,34-30+. The first-order chi connectivity index (χ1) is 17.8. The number of hydrogen-bond acceptors (Lipinski definition) is 6. The Kier molecular flexibility index (Phi) is 9.42. The topological polar surface area (TPSA) is 49.4 Å². The normalized spacial score (nSPS) is 12.5. The van der Waals surface area contributed by atoms with Crippen molar-refractivity contribution in [3.05, 3.63) is 131 Å². The average molecular weight is 507 g/mol. The summed E-state index contributed by atoms with van der Waals surface area (Å²) in [5.41, 5.74) is 5.16. The molecule has 0 spiro atoms. The van der Waals surface area contributed by atoms with E-state index >= 15 is 0 Å². The predicted octanol–water partition coefficient (Wildman–Crippen LogP) is 7.48. The molecule has 0 radical (unpaired) electrons. The van der Waals surface area contributed by atoms with Gasteiger partial charge in [0, 0.05) is 32.0 Å². The van der Waals surface area contributed by atoms with Gasteiger partial charge in [-0.05, 0) is 24.6 Å². The minimum absolute atomic E-state index is 0.648. The van der Waals surface area contributed by atoms with Crippen LogP contribution in [0.25, 0.3) is 0 Å². The molecule has 0 N–H and O–H groups in total. The molecule has 0 amide bonds. The average Bonchev–Trinajstić information content (AvgIpc) is 2.95. The fourth-order valence-corrected chi connectivity index (χ4v) is 4.66. The Labute approximate surface area is 221 Å². The van der Waals surface area contributed by atoms with Gasteiger partial charge in [0.1, 0.15) is 11.4 Å². The summed E-state index contributed by atoms with van der Waals surface area (Å²) in [6.07, 6.45) is 7.68. The molecule has 0 aliphatic rings. The van der Waals surface area contributed by atoms with Crippen LogP contribution in [0.15, 0.2) is 139 Å². The summed E-state index contributed by atoms with van der Waals surface area (Å²) in [5, 5.41) is 18.3. The van der Waals surface area contributed by atoms with E-state index < -0.39 is 0 Å². The molecular weight excluding hydrogens is 480 g/mol. The summed E-state index contributed by atoms with van der Waals surface area (Å²) >= 11 is 3.36. The third kappa shape index (κ3) is 6.68. The number of rotatable bonds is 9. The Morgan fingerprint density at radius 2 is 0.861 bits per heavy atom. The van der Waals surface area contributed by atoms with Crippen molar-refractivity contribution in [3.8, 4) is 0 Å². The molecule has 0 heterocycles. The third-order valence-corrected chi connectivity index (χ3v) is 6.93. The summed E-state index contributed by atoms with van der Waals surface area (Å²) in [4.78, 5) is 2.29. The summed E-state index contributed by atoms with van der Waals surface area (Å²) in [7, 11) is 0. The molecule has 0 aliphatic carbocycles. The maximum Gasteiger partial charge on any atom is 0.121 e. The summed E-state index contributed by atoms with van der Waals surface area (Å²) in [6.45, 7) is 0. The minimum Gasteiger partial charge on any atom is -0.158 e. The van der Waals surface area contributed by atoms with Gasteiger partial charge in [0.05, 0.1) is 12.4 Å². The SMILES string of the molecule is CSc1ccccc1/C=N/N=C(/C(=N/N=C/c1ccccc1SC)c1ccccc1)c1ccccc1. The molecule has 0 aliphatic heterocycles. The van der Waals surface area contributed by atoms with E-state index in [1.165, 1.54) is 0 Å². The van der Waals surface area contributed by atoms with Crippen molar-refractivity contribution in [1.29, 1.82) is 0 Å². The molecular formula is C30H26N4S2. The Morgan fingerprint density at radius 3 is 1.25 bits per heavy atom. The Hall–Kier alpha value is -3.74. The minimum atomic E-state index is 0.648. The van der Waals surface area contributed by atoms with Gasteiger partial charge in [-0.15, -0.1) is 33.7 Å². The Morgan fingerprint density at radius 1 is 0.500 bits per heavy atom. The van der Waals surface area contributed by atoms with E-state index in [0.29, 0.717) is 11.4 Å². The van der Waals surface area contributed by atoms with E-state index in [1.807, 2.05) is 97.1 Å². The zero-order valence-corrected chi connectivity index (χ0v) is 21.8. The molecule has 0 saturated heterocycles. The van der Waals surface area contributed by atoms with Crippen molar-refractivity contribution < 1.29 is 0 Å². The molecule has 0 saturated carbocycles. The van der Waals surface area contributed by atoms with Crippen molar-refractivity contribution in [3.63, 3.8) is 0 Å². The van der Waals surface area contributed by atoms with E-state index in [1.54, 1.807) is 36.0 Å². The lowest BCUT2D eigenvalue weighted by atomic mass is 10.00. The first kappa shape index (κ1) is 25.4. The first-order valence-electron chi connectivity index (χ1n) is 11.4. The molecule has 36 heavy (non-hydrogen) atoms. The highest BCUT2D eigenvalue weighted by Gasteiger charge is 2.15. The highest BCUT2D eigenvalue weighted by molar-refractivity contribution is 7.98. The molecule has 6 heteroatoms. The Bertz CT molecular complexity index is 1290. The monoisotopic (exact) mass is 506 g/mol. The molecule has 4 aromatic carbocycles. The number of hydrogen-bond donors (Lipinski definition) is 0. The number of thioether (sulfide) groups is 2. The van der Waals surface area contributed by atoms with Gasteiger partial charge in [-0.2, -0.15) is 10.2 Å². The van der Waals surface area contributed by atoms with Gasteiger partial charge < -0.3 is 0 Å². The van der Waals surface area contributed by atoms with Crippen LogP contribution in [0.3, 0.4) is 0 Å². The van der Waals surface area contributed by atoms with Crippen molar-refractivity contribution in [2.45, 2.75) is 9.79 Å². The second-order valence-electron chi connectivity index (χ2n) is 7.60. The van der Waals surface area contributed by atoms with Gasteiger partial charge in [0.2, 0.25) is 0 Å². The first-order valence-corrected chi connectivity index (χ1v) is 13.8. The molecule has 0 fully saturated rings. The highest BCUT2D eigenvalue weighted by Crippen LogP contribution is 2.19. The third-order valence-electron chi connectivity index (χ3n) is 5.31. The van der Waals surface area contributed by atoms with E-state index in [9.17, 15) is 0 Å². The van der Waals surface area contributed by atoms with Crippen molar-refractivity contribution in [2.24, 2.45) is 20.4 Å². The van der Waals surface area contributed by atoms with Gasteiger partial charge in [0.15, 0.2) is 0 Å². The molecule has 0 unspecified atom stereocenters. The molecule has 4 aromatic rings. The van der Waals surface area contributed by atoms with E-state index in [-0.39, 0.29) is 0 Å². The second kappa shape index (κ2) is 13.4. The fourth-order valence-electron chi connectivity index (χ4n) is 3.52. The molecule has 4 nitrogen and oxygen atoms in total. The lowest BCUT2D eigenvalue weighted by Gasteiger charge is -2.09. The van der Waals surface area contributed by atoms with Gasteiger partial charge in [0.25, 0.3) is 0 Å². The van der Waals surface area contributed by atoms with Crippen LogP contribution in [-0.4, -0.2) is 36.4 Å². The maximum absolute atomic E-state index is 4.67. The summed E-state index contributed by atoms with van der Waals surface area (Å²) in [6, 6.07) is 36.2. The lowest BCUT2D eigenvalue weighted by Crippen LogP contribution is -2.17. The lowest BCUT2D eigenvalue weighted by molar-refractivity contribution is 1.22. The van der Waals surface area contributed by atoms with Crippen LogP contribution in [0, 0.1) is 0 Å². The van der Waals surface area contributed by atoms with Crippen LogP contribution in [0.2, 0.25) is 0 Å². The fraction of sp³-hybridized carbons (Fsp3) is 0.0667. The summed E-state index contributed by atoms with van der Waals surface area (Å²) in [5.74, 6) is 0. The van der Waals surface area contributed by atoms with Gasteiger partial charge in [-0.1, -0.05) is 97.1 Å². The van der Waals surface area contributed by atoms with Crippen LogP contribution < -0.4 is 0 Å². The molecule has 4 rings (SSSR count).